The van der Waals surface area contributed by atoms with E-state index in [2.05, 4.69) is 233 Å². The number of hydroxylamine groups is 6. The first-order valence-electron chi connectivity index (χ1n) is 32.2. The molecule has 0 bridgehead atoms. The summed E-state index contributed by atoms with van der Waals surface area (Å²) in [5.74, 6) is 74.7. The number of terminal acetylenes is 1. The second-order valence-corrected chi connectivity index (χ2v) is 22.2. The number of carbonyl (C=O) groups excluding carboxylic acids is 8. The lowest BCUT2D eigenvalue weighted by molar-refractivity contribution is -0.198. The highest BCUT2D eigenvalue weighted by Gasteiger charge is 2.46. The zero-order valence-electron chi connectivity index (χ0n) is 58.1. The van der Waals surface area contributed by atoms with E-state index in [1.807, 2.05) is 0 Å². The third-order valence-corrected chi connectivity index (χ3v) is 14.8. The van der Waals surface area contributed by atoms with Gasteiger partial charge in [0.1, 0.15) is 0 Å². The lowest BCUT2D eigenvalue weighted by atomic mass is 9.87. The Morgan fingerprint density at radius 2 is 0.807 bits per heavy atom. The van der Waals surface area contributed by atoms with Gasteiger partial charge in [0.15, 0.2) is 11.6 Å². The summed E-state index contributed by atoms with van der Waals surface area (Å²) in [6.45, 7) is 9.64. The predicted octanol–water partition coefficient (Wildman–Crippen LogP) is 2.67. The first-order valence-corrected chi connectivity index (χ1v) is 32.2. The topological polar surface area (TPSA) is 293 Å². The van der Waals surface area contributed by atoms with E-state index in [0.29, 0.717) is 50.6 Å². The minimum Gasteiger partial charge on any atom is -0.475 e. The van der Waals surface area contributed by atoms with Crippen molar-refractivity contribution in [2.75, 3.05) is 72.7 Å². The van der Waals surface area contributed by atoms with Gasteiger partial charge in [0, 0.05) is 172 Å². The maximum Gasteiger partial charge on any atom is 0.560 e. The summed E-state index contributed by atoms with van der Waals surface area (Å²) in [4.78, 5) is 117. The molecule has 10 rings (SSSR count). The number of nitrogens with one attached hydrogen (secondary N) is 1. The molecule has 552 valence electrons. The number of carbonyl (C=O) groups is 9. The fraction of sp³-hybridized carbons (Fsp3) is 0.372. The van der Waals surface area contributed by atoms with Crippen LogP contribution in [-0.4, -0.2) is 193 Å². The summed E-state index contributed by atoms with van der Waals surface area (Å²) in [5.41, 5.74) is -0.360. The standard InChI is InChI=1S/C35H4.C16H19FN4O5.C11H16FN3O.C9H8N2O7.C5H11NO.C2HF3O2/c1-3-5-7-9-11-13-15-17-19-21-23-25-27-29-31-33-35-34-32-30-28-26-24-22-20-18-16-14-12-10-8-6-4-2;17-11-8-18-20(9-11)12-7-16(25-10-12)3-5-19(6-4-16)15(24)26-21-13(22)1-2-14(21)23;12-9-6-14-15(7-9)10-5-11(16-8-10)1-3-13-4-2-11;12-5-1-2-6(13)10(5)17-9(16)18-11-7(14)3-4-8(11)15;1-6-2-4-7-5-3-6;3-2(4,5)1(6)7/h1H,2H3;8-9,12H,1-7,10H2;6-7,10,13H,1-5,8H2;1-4H2;2-5H2,1H3;(H,6,7)/t;12-;10-;;;/m.11.../s1. The summed E-state index contributed by atoms with van der Waals surface area (Å²) in [6, 6.07) is 0.167. The van der Waals surface area contributed by atoms with Gasteiger partial charge < -0.3 is 39.3 Å². The smallest absolute Gasteiger partial charge is 0.475 e. The minimum atomic E-state index is -5.08. The number of piperidine rings is 2. The SMILES string of the molecule is C#CC#CC#CC#CC#CC#CC#CC#CC#CC#CC#CC#CC#CC#CC#CC#CC#CC.CN1CCOCC1.Fc1cnn([C@H]2COC3(CCNCC3)C2)c1.O=C(O)C(F)(F)F.O=C(ON1C(=O)CCC1=O)N1CCC2(CC1)C[C@@H](n1cc(F)cn1)CO2.O=C(ON1C(=O)CCC1=O)ON1C(=O)CCC1=O. The van der Waals surface area contributed by atoms with Gasteiger partial charge in [-0.2, -0.15) is 28.2 Å². The Morgan fingerprint density at radius 3 is 1.08 bits per heavy atom. The number of carboxylic acid groups (broad SMARTS) is 1. The number of imide groups is 3. The Kier molecular flexibility index (Phi) is 36.5. The number of ether oxygens (including phenoxy) is 3. The first-order chi connectivity index (χ1) is 52.5. The summed E-state index contributed by atoms with van der Waals surface area (Å²) in [7, 11) is 2.11. The molecule has 8 aliphatic rings. The Bertz CT molecular complexity index is 4850. The number of likely N-dealkylation sites (N-methyl/N-ethyl adjacent to an activating group) is 1. The van der Waals surface area contributed by atoms with E-state index in [1.54, 1.807) is 16.3 Å². The molecule has 8 fully saturated rings. The number of halogens is 5. The van der Waals surface area contributed by atoms with Crippen molar-refractivity contribution in [1.82, 2.24) is 49.9 Å². The second-order valence-electron chi connectivity index (χ2n) is 22.2. The average molecular weight is 1490 g/mol. The van der Waals surface area contributed by atoms with Gasteiger partial charge in [-0.15, -0.1) is 11.5 Å². The van der Waals surface area contributed by atoms with Crippen molar-refractivity contribution in [3.05, 3.63) is 36.4 Å². The van der Waals surface area contributed by atoms with E-state index in [0.717, 1.165) is 58.7 Å². The van der Waals surface area contributed by atoms with Crippen molar-refractivity contribution in [3.63, 3.8) is 0 Å². The van der Waals surface area contributed by atoms with Crippen molar-refractivity contribution in [2.24, 2.45) is 0 Å². The maximum absolute atomic E-state index is 13.1. The summed E-state index contributed by atoms with van der Waals surface area (Å²) in [6.07, 6.45) is 7.73. The summed E-state index contributed by atoms with van der Waals surface area (Å²) < 4.78 is 78.0. The van der Waals surface area contributed by atoms with Gasteiger partial charge in [0.25, 0.3) is 35.4 Å². The Morgan fingerprint density at radius 1 is 0.505 bits per heavy atom. The molecule has 0 aromatic carbocycles. The van der Waals surface area contributed by atoms with Crippen LogP contribution in [0.25, 0.3) is 0 Å². The molecule has 0 unspecified atom stereocenters. The van der Waals surface area contributed by atoms with Gasteiger partial charge in [-0.05, 0) is 147 Å². The van der Waals surface area contributed by atoms with Crippen LogP contribution in [0.1, 0.15) is 96.1 Å². The molecular weight excluding hydrogens is 1430 g/mol. The zero-order chi connectivity index (χ0) is 79.1. The third kappa shape index (κ3) is 32.2. The van der Waals surface area contributed by atoms with Gasteiger partial charge in [-0.1, -0.05) is 16.0 Å². The van der Waals surface area contributed by atoms with Crippen LogP contribution in [0.3, 0.4) is 0 Å². The fourth-order valence-corrected chi connectivity index (χ4v) is 9.62. The minimum absolute atomic E-state index is 0.0122. The van der Waals surface area contributed by atoms with Gasteiger partial charge in [0.2, 0.25) is 0 Å². The molecule has 0 aliphatic carbocycles. The Hall–Kier alpha value is -14.2. The van der Waals surface area contributed by atoms with Crippen molar-refractivity contribution >= 4 is 53.7 Å². The normalized spacial score (nSPS) is 17.1. The Balaban J connectivity index is 0.000000252. The largest absolute Gasteiger partial charge is 0.560 e. The number of hydrogen-bond donors (Lipinski definition) is 2. The van der Waals surface area contributed by atoms with Crippen LogP contribution >= 0.6 is 0 Å². The van der Waals surface area contributed by atoms with E-state index >= 15 is 0 Å². The van der Waals surface area contributed by atoms with Crippen LogP contribution < -0.4 is 5.32 Å². The number of nitrogens with zero attached hydrogens (tertiary/aromatic N) is 9. The highest BCUT2D eigenvalue weighted by atomic mass is 19.4. The molecule has 10 heterocycles. The second kappa shape index (κ2) is 46.5. The molecule has 2 aromatic rings. The molecule has 0 saturated carbocycles. The molecule has 109 heavy (non-hydrogen) atoms. The van der Waals surface area contributed by atoms with E-state index < -0.39 is 59.8 Å². The van der Waals surface area contributed by atoms with Crippen LogP contribution in [0.2, 0.25) is 0 Å². The van der Waals surface area contributed by atoms with Gasteiger partial charge in [-0.3, -0.25) is 47.8 Å². The molecular formula is C78H59F5N10O16. The molecule has 8 aliphatic heterocycles. The number of likely N-dealkylation sites (tertiary alicyclic amines) is 1. The molecule has 31 heteroatoms. The van der Waals surface area contributed by atoms with Crippen molar-refractivity contribution in [2.45, 2.75) is 113 Å². The maximum atomic E-state index is 13.1. The molecule has 26 nitrogen and oxygen atoms in total. The number of alkyl halides is 3. The van der Waals surface area contributed by atoms with Gasteiger partial charge in [-0.25, -0.2) is 18.4 Å². The average Bonchev–Trinajstić information content (AvgIpc) is 1.67. The lowest BCUT2D eigenvalue weighted by Crippen LogP contribution is -2.48. The molecule has 8 saturated heterocycles. The van der Waals surface area contributed by atoms with E-state index in [1.165, 1.54) is 29.7 Å². The van der Waals surface area contributed by atoms with E-state index in [9.17, 15) is 60.3 Å². The zero-order valence-corrected chi connectivity index (χ0v) is 58.1. The van der Waals surface area contributed by atoms with Gasteiger partial charge in [0.05, 0.1) is 74.5 Å². The monoisotopic (exact) mass is 1490 g/mol. The molecule has 2 aromatic heterocycles. The van der Waals surface area contributed by atoms with Crippen LogP contribution in [0, 0.1) is 213 Å². The van der Waals surface area contributed by atoms with Crippen LogP contribution in [-0.2, 0) is 62.3 Å². The van der Waals surface area contributed by atoms with Crippen molar-refractivity contribution in [1.29, 1.82) is 0 Å². The van der Waals surface area contributed by atoms with E-state index in [4.69, 9.17) is 35.4 Å². The number of morpholine rings is 1. The summed E-state index contributed by atoms with van der Waals surface area (Å²) >= 11 is 0. The molecule has 2 spiro atoms. The van der Waals surface area contributed by atoms with E-state index in [-0.39, 0.29) is 83.6 Å². The van der Waals surface area contributed by atoms with Crippen LogP contribution in [0.4, 0.5) is 31.5 Å². The number of aliphatic carboxylic acids is 1. The van der Waals surface area contributed by atoms with Crippen molar-refractivity contribution < 1.29 is 98.9 Å². The van der Waals surface area contributed by atoms with Gasteiger partial charge >= 0.3 is 24.4 Å². The number of rotatable bonds is 5. The fourth-order valence-electron chi connectivity index (χ4n) is 9.62. The van der Waals surface area contributed by atoms with Crippen LogP contribution in [0.15, 0.2) is 24.8 Å². The molecule has 2 N–H and O–H groups in total. The quantitative estimate of drug-likeness (QED) is 0.247. The number of carboxylic acids is 1. The predicted molar refractivity (Wildman–Crippen MR) is 370 cm³/mol. The lowest BCUT2D eigenvalue weighted by Gasteiger charge is -2.38. The molecule has 7 amide bonds. The highest BCUT2D eigenvalue weighted by Crippen LogP contribution is 2.41. The highest BCUT2D eigenvalue weighted by molar-refractivity contribution is 6.03. The number of hydrogen-bond acceptors (Lipinski definition) is 19. The third-order valence-electron chi connectivity index (χ3n) is 14.8. The Labute approximate surface area is 624 Å². The molecule has 2 atom stereocenters. The first kappa shape index (κ1) is 85.5. The number of amides is 7. The summed E-state index contributed by atoms with van der Waals surface area (Å²) in [5, 5.41) is 19.5. The number of aromatic nitrogens is 4. The van der Waals surface area contributed by atoms with Crippen molar-refractivity contribution in [3.8, 4) is 202 Å². The molecule has 0 radical (unpaired) electrons. The van der Waals surface area contributed by atoms with Crippen LogP contribution in [0.5, 0.6) is 0 Å².